The first kappa shape index (κ1) is 16.1. The Morgan fingerprint density at radius 3 is 2.39 bits per heavy atom. The molecule has 1 unspecified atom stereocenters. The molecule has 0 fully saturated rings. The number of nitrogens with zero attached hydrogens (tertiary/aromatic N) is 1. The maximum atomic E-state index is 4.59. The smallest absolute Gasteiger partial charge is 0.0718 e. The van der Waals surface area contributed by atoms with E-state index >= 15 is 0 Å². The lowest BCUT2D eigenvalue weighted by Crippen LogP contribution is -2.29. The Morgan fingerprint density at radius 1 is 1.22 bits per heavy atom. The van der Waals surface area contributed by atoms with Crippen LogP contribution in [0, 0.1) is 5.92 Å². The zero-order chi connectivity index (χ0) is 13.5. The van der Waals surface area contributed by atoms with Gasteiger partial charge < -0.3 is 5.32 Å². The van der Waals surface area contributed by atoms with Crippen LogP contribution in [0.15, 0.2) is 21.2 Å². The number of nitrogens with one attached hydrogen (secondary N) is 1. The summed E-state index contributed by atoms with van der Waals surface area (Å²) in [5, 5.41) is 3.64. The van der Waals surface area contributed by atoms with Gasteiger partial charge in [-0.2, -0.15) is 0 Å². The number of aromatic nitrogens is 1. The van der Waals surface area contributed by atoms with Crippen LogP contribution in [0.1, 0.15) is 51.8 Å². The van der Waals surface area contributed by atoms with Crippen molar-refractivity contribution in [2.75, 3.05) is 6.54 Å². The van der Waals surface area contributed by atoms with E-state index in [2.05, 4.69) is 69.0 Å². The van der Waals surface area contributed by atoms with Crippen molar-refractivity contribution >= 4 is 31.9 Å². The molecule has 0 aliphatic rings. The van der Waals surface area contributed by atoms with Crippen LogP contribution in [0.2, 0.25) is 0 Å². The molecule has 1 heterocycles. The highest BCUT2D eigenvalue weighted by Crippen LogP contribution is 2.32. The highest BCUT2D eigenvalue weighted by Gasteiger charge is 2.23. The highest BCUT2D eigenvalue weighted by atomic mass is 79.9. The predicted octanol–water partition coefficient (Wildman–Crippen LogP) is 5.08. The summed E-state index contributed by atoms with van der Waals surface area (Å²) in [6.45, 7) is 7.73. The van der Waals surface area contributed by atoms with Crippen LogP contribution in [0.5, 0.6) is 0 Å². The zero-order valence-electron chi connectivity index (χ0n) is 11.3. The lowest BCUT2D eigenvalue weighted by atomic mass is 9.91. The van der Waals surface area contributed by atoms with Crippen LogP contribution in [0.4, 0.5) is 0 Å². The second-order valence-corrected chi connectivity index (χ2v) is 6.30. The van der Waals surface area contributed by atoms with E-state index in [1.54, 1.807) is 0 Å². The number of rotatable bonds is 7. The van der Waals surface area contributed by atoms with E-state index in [4.69, 9.17) is 0 Å². The van der Waals surface area contributed by atoms with Crippen LogP contribution >= 0.6 is 31.9 Å². The molecule has 1 N–H and O–H groups in total. The Bertz CT molecular complexity index is 365. The van der Waals surface area contributed by atoms with E-state index in [1.807, 2.05) is 6.20 Å². The van der Waals surface area contributed by atoms with Crippen LogP contribution in [-0.2, 0) is 0 Å². The van der Waals surface area contributed by atoms with Gasteiger partial charge in [0.1, 0.15) is 0 Å². The molecule has 0 aliphatic carbocycles. The Balaban J connectivity index is 3.00. The molecule has 0 amide bonds. The summed E-state index contributed by atoms with van der Waals surface area (Å²) in [5.41, 5.74) is 1.13. The fourth-order valence-electron chi connectivity index (χ4n) is 2.20. The minimum atomic E-state index is 0.336. The van der Waals surface area contributed by atoms with Gasteiger partial charge in [-0.3, -0.25) is 4.98 Å². The average molecular weight is 378 g/mol. The van der Waals surface area contributed by atoms with Crippen LogP contribution in [0.3, 0.4) is 0 Å². The van der Waals surface area contributed by atoms with Crippen molar-refractivity contribution in [1.82, 2.24) is 10.3 Å². The van der Waals surface area contributed by atoms with E-state index in [0.717, 1.165) is 27.6 Å². The average Bonchev–Trinajstić information content (AvgIpc) is 2.35. The van der Waals surface area contributed by atoms with E-state index in [1.165, 1.54) is 12.8 Å². The third kappa shape index (κ3) is 4.32. The van der Waals surface area contributed by atoms with Crippen LogP contribution < -0.4 is 5.32 Å². The molecule has 0 radical (unpaired) electrons. The second-order valence-electron chi connectivity index (χ2n) is 4.53. The predicted molar refractivity (Wildman–Crippen MR) is 84.7 cm³/mol. The Morgan fingerprint density at radius 2 is 1.89 bits per heavy atom. The van der Waals surface area contributed by atoms with E-state index < -0.39 is 0 Å². The highest BCUT2D eigenvalue weighted by molar-refractivity contribution is 9.11. The molecule has 1 aromatic heterocycles. The summed E-state index contributed by atoms with van der Waals surface area (Å²) in [5.74, 6) is 0.626. The van der Waals surface area contributed by atoms with Gasteiger partial charge in [0.25, 0.3) is 0 Å². The minimum Gasteiger partial charge on any atom is -0.308 e. The molecular weight excluding hydrogens is 356 g/mol. The largest absolute Gasteiger partial charge is 0.308 e. The van der Waals surface area contributed by atoms with Gasteiger partial charge in [0.05, 0.1) is 11.7 Å². The molecule has 1 atom stereocenters. The molecule has 0 bridgehead atoms. The summed E-state index contributed by atoms with van der Waals surface area (Å²) in [7, 11) is 0. The van der Waals surface area contributed by atoms with Gasteiger partial charge in [-0.15, -0.1) is 0 Å². The van der Waals surface area contributed by atoms with Gasteiger partial charge in [-0.25, -0.2) is 0 Å². The van der Waals surface area contributed by atoms with Gasteiger partial charge in [-0.1, -0.05) is 33.6 Å². The third-order valence-electron chi connectivity index (χ3n) is 3.27. The summed E-state index contributed by atoms with van der Waals surface area (Å²) in [6.07, 6.45) is 5.36. The Hall–Kier alpha value is 0.0700. The van der Waals surface area contributed by atoms with E-state index in [9.17, 15) is 0 Å². The maximum Gasteiger partial charge on any atom is 0.0718 e. The molecule has 1 rings (SSSR count). The first-order valence-electron chi connectivity index (χ1n) is 6.68. The molecule has 2 nitrogen and oxygen atoms in total. The van der Waals surface area contributed by atoms with Crippen molar-refractivity contribution in [3.63, 3.8) is 0 Å². The molecule has 4 heteroatoms. The van der Waals surface area contributed by atoms with E-state index in [0.29, 0.717) is 12.0 Å². The summed E-state index contributed by atoms with van der Waals surface area (Å²) in [6, 6.07) is 2.41. The van der Waals surface area contributed by atoms with Crippen molar-refractivity contribution in [2.24, 2.45) is 5.92 Å². The van der Waals surface area contributed by atoms with Gasteiger partial charge in [-0.05, 0) is 56.8 Å². The lowest BCUT2D eigenvalue weighted by Gasteiger charge is -2.27. The van der Waals surface area contributed by atoms with Gasteiger partial charge in [0.2, 0.25) is 0 Å². The molecule has 1 aromatic rings. The Labute approximate surface area is 127 Å². The molecule has 0 saturated carbocycles. The first-order valence-corrected chi connectivity index (χ1v) is 8.26. The van der Waals surface area contributed by atoms with Crippen molar-refractivity contribution < 1.29 is 0 Å². The molecular formula is C14H22Br2N2. The summed E-state index contributed by atoms with van der Waals surface area (Å²) in [4.78, 5) is 4.59. The van der Waals surface area contributed by atoms with Crippen LogP contribution in [-0.4, -0.2) is 11.5 Å². The maximum absolute atomic E-state index is 4.59. The van der Waals surface area contributed by atoms with Gasteiger partial charge in [0.15, 0.2) is 0 Å². The SMILES string of the molecule is CCCNC(c1ncc(Br)cc1Br)C(CC)CC. The fraction of sp³-hybridized carbons (Fsp3) is 0.643. The normalized spacial score (nSPS) is 13.0. The number of hydrogen-bond acceptors (Lipinski definition) is 2. The number of pyridine rings is 1. The third-order valence-corrected chi connectivity index (χ3v) is 4.33. The quantitative estimate of drug-likeness (QED) is 0.716. The molecule has 0 spiro atoms. The lowest BCUT2D eigenvalue weighted by molar-refractivity contribution is 0.334. The van der Waals surface area contributed by atoms with Crippen molar-refractivity contribution in [3.05, 3.63) is 26.9 Å². The molecule has 0 aliphatic heterocycles. The Kier molecular flexibility index (Phi) is 7.42. The van der Waals surface area contributed by atoms with Crippen molar-refractivity contribution in [2.45, 2.75) is 46.1 Å². The number of hydrogen-bond donors (Lipinski definition) is 1. The molecule has 18 heavy (non-hydrogen) atoms. The standard InChI is InChI=1S/C14H22Br2N2/c1-4-7-17-13(10(5-2)6-3)14-12(16)8-11(15)9-18-14/h8-10,13,17H,4-7H2,1-3H3. The summed E-state index contributed by atoms with van der Waals surface area (Å²) >= 11 is 7.09. The monoisotopic (exact) mass is 376 g/mol. The minimum absolute atomic E-state index is 0.336. The van der Waals surface area contributed by atoms with Crippen molar-refractivity contribution in [3.8, 4) is 0 Å². The number of halogens is 2. The first-order chi connectivity index (χ1) is 8.63. The summed E-state index contributed by atoms with van der Waals surface area (Å²) < 4.78 is 2.09. The van der Waals surface area contributed by atoms with E-state index in [-0.39, 0.29) is 0 Å². The van der Waals surface area contributed by atoms with Gasteiger partial charge in [0, 0.05) is 15.1 Å². The van der Waals surface area contributed by atoms with Gasteiger partial charge >= 0.3 is 0 Å². The van der Waals surface area contributed by atoms with Crippen LogP contribution in [0.25, 0.3) is 0 Å². The topological polar surface area (TPSA) is 24.9 Å². The zero-order valence-corrected chi connectivity index (χ0v) is 14.5. The molecule has 0 aromatic carbocycles. The molecule has 102 valence electrons. The van der Waals surface area contributed by atoms with Crippen molar-refractivity contribution in [1.29, 1.82) is 0 Å². The fourth-order valence-corrected chi connectivity index (χ4v) is 3.43. The molecule has 0 saturated heterocycles. The second kappa shape index (κ2) is 8.28.